The molecule has 29 heavy (non-hydrogen) atoms. The maximum atomic E-state index is 13.8. The molecule has 1 amide bonds. The number of amides is 1. The molecule has 2 aliphatic rings. The smallest absolute Gasteiger partial charge is 0.270 e. The number of fused-ring (bicyclic) bond motifs is 3. The third kappa shape index (κ3) is 3.19. The van der Waals surface area contributed by atoms with Crippen molar-refractivity contribution in [2.24, 2.45) is 10.8 Å². The zero-order valence-electron chi connectivity index (χ0n) is 17.9. The van der Waals surface area contributed by atoms with Crippen molar-refractivity contribution in [3.8, 4) is 0 Å². The van der Waals surface area contributed by atoms with E-state index in [4.69, 9.17) is 4.42 Å². The van der Waals surface area contributed by atoms with Crippen LogP contribution in [0.15, 0.2) is 46.9 Å². The van der Waals surface area contributed by atoms with Crippen LogP contribution in [-0.4, -0.2) is 28.0 Å². The first kappa shape index (κ1) is 18.5. The minimum absolute atomic E-state index is 0.149. The lowest BCUT2D eigenvalue weighted by Gasteiger charge is -2.39. The number of carbonyl (C=O) groups excluding carboxylic acids is 1. The van der Waals surface area contributed by atoms with Gasteiger partial charge < -0.3 is 13.9 Å². The van der Waals surface area contributed by atoms with E-state index in [9.17, 15) is 4.79 Å². The van der Waals surface area contributed by atoms with Gasteiger partial charge in [-0.2, -0.15) is 0 Å². The molecule has 1 aliphatic carbocycles. The number of benzene rings is 1. The molecule has 1 saturated carbocycles. The van der Waals surface area contributed by atoms with Crippen LogP contribution in [0.2, 0.25) is 0 Å². The summed E-state index contributed by atoms with van der Waals surface area (Å²) in [4.78, 5) is 15.9. The van der Waals surface area contributed by atoms with Crippen molar-refractivity contribution in [3.63, 3.8) is 0 Å². The first-order valence-electron chi connectivity index (χ1n) is 10.7. The second-order valence-electron chi connectivity index (χ2n) is 10.4. The number of rotatable bonds is 3. The highest BCUT2D eigenvalue weighted by atomic mass is 16.3. The summed E-state index contributed by atoms with van der Waals surface area (Å²) in [6, 6.07) is 14.7. The van der Waals surface area contributed by atoms with Crippen molar-refractivity contribution in [3.05, 3.63) is 59.5 Å². The summed E-state index contributed by atoms with van der Waals surface area (Å²) < 4.78 is 8.03. The van der Waals surface area contributed by atoms with Crippen molar-refractivity contribution in [2.75, 3.05) is 6.54 Å². The number of hydrogen-bond acceptors (Lipinski definition) is 2. The van der Waals surface area contributed by atoms with Crippen molar-refractivity contribution in [2.45, 2.75) is 59.5 Å². The van der Waals surface area contributed by atoms with Gasteiger partial charge in [0, 0.05) is 31.3 Å². The van der Waals surface area contributed by atoms with Gasteiger partial charge in [-0.25, -0.2) is 0 Å². The lowest BCUT2D eigenvalue weighted by molar-refractivity contribution is 0.0698. The normalized spacial score (nSPS) is 25.7. The van der Waals surface area contributed by atoms with Crippen LogP contribution in [0.3, 0.4) is 0 Å². The summed E-state index contributed by atoms with van der Waals surface area (Å²) in [6.07, 6.45) is 3.40. The molecule has 0 unspecified atom stereocenters. The minimum atomic E-state index is 0.149. The monoisotopic (exact) mass is 390 g/mol. The van der Waals surface area contributed by atoms with E-state index in [0.29, 0.717) is 18.0 Å². The Balaban J connectivity index is 1.54. The molecule has 2 fully saturated rings. The quantitative estimate of drug-likeness (QED) is 0.581. The third-order valence-electron chi connectivity index (χ3n) is 6.79. The van der Waals surface area contributed by atoms with Crippen LogP contribution in [0.25, 0.3) is 11.1 Å². The van der Waals surface area contributed by atoms with Crippen LogP contribution in [0, 0.1) is 17.8 Å². The van der Waals surface area contributed by atoms with Gasteiger partial charge >= 0.3 is 0 Å². The van der Waals surface area contributed by atoms with Gasteiger partial charge in [0.1, 0.15) is 11.5 Å². The maximum absolute atomic E-state index is 13.8. The molecule has 1 saturated heterocycles. The van der Waals surface area contributed by atoms with E-state index < -0.39 is 0 Å². The molecule has 1 aromatic carbocycles. The Morgan fingerprint density at radius 3 is 2.66 bits per heavy atom. The van der Waals surface area contributed by atoms with Crippen molar-refractivity contribution in [1.82, 2.24) is 9.47 Å². The van der Waals surface area contributed by atoms with Gasteiger partial charge in [-0.1, -0.05) is 51.1 Å². The predicted octanol–water partition coefficient (Wildman–Crippen LogP) is 5.63. The number of hydrogen-bond donors (Lipinski definition) is 0. The molecule has 2 atom stereocenters. The molecule has 0 radical (unpaired) electrons. The van der Waals surface area contributed by atoms with E-state index in [1.807, 2.05) is 37.3 Å². The number of aryl methyl sites for hydroxylation is 1. The van der Waals surface area contributed by atoms with Crippen LogP contribution in [0.1, 0.15) is 61.8 Å². The molecular weight excluding hydrogens is 360 g/mol. The standard InChI is InChI=1S/C25H30N2O2/c1-17-10-20-22(29-17)11-21(26(20)14-18-8-6-5-7-9-18)23(28)27-16-25(4)13-19(27)12-24(2,3)15-25/h5-11,19H,12-16H2,1-4H3/t19-,25-/m1/s1. The molecule has 3 heterocycles. The Hall–Kier alpha value is -2.49. The first-order chi connectivity index (χ1) is 13.7. The fourth-order valence-corrected chi connectivity index (χ4v) is 6.12. The number of furan rings is 1. The highest BCUT2D eigenvalue weighted by Crippen LogP contribution is 2.52. The SMILES string of the molecule is Cc1cc2c(cc(C(=O)N3C[C@]4(C)C[C@H]3CC(C)(C)C4)n2Cc2ccccc2)o1. The molecule has 4 heteroatoms. The van der Waals surface area contributed by atoms with E-state index in [-0.39, 0.29) is 11.3 Å². The fraction of sp³-hybridized carbons (Fsp3) is 0.480. The second kappa shape index (κ2) is 6.25. The molecule has 2 bridgehead atoms. The maximum Gasteiger partial charge on any atom is 0.270 e. The highest BCUT2D eigenvalue weighted by molar-refractivity contribution is 5.98. The minimum Gasteiger partial charge on any atom is -0.460 e. The molecule has 3 aromatic rings. The average molecular weight is 391 g/mol. The summed E-state index contributed by atoms with van der Waals surface area (Å²) in [6.45, 7) is 10.5. The van der Waals surface area contributed by atoms with Crippen molar-refractivity contribution >= 4 is 17.0 Å². The largest absolute Gasteiger partial charge is 0.460 e. The Morgan fingerprint density at radius 1 is 1.14 bits per heavy atom. The van der Waals surface area contributed by atoms with E-state index in [1.165, 1.54) is 12.0 Å². The van der Waals surface area contributed by atoms with Gasteiger partial charge in [0.15, 0.2) is 5.58 Å². The van der Waals surface area contributed by atoms with Gasteiger partial charge in [-0.3, -0.25) is 4.79 Å². The topological polar surface area (TPSA) is 38.4 Å². The van der Waals surface area contributed by atoms with Crippen LogP contribution < -0.4 is 0 Å². The molecule has 5 rings (SSSR count). The van der Waals surface area contributed by atoms with Crippen LogP contribution in [-0.2, 0) is 6.54 Å². The number of nitrogens with zero attached hydrogens (tertiary/aromatic N) is 2. The second-order valence-corrected chi connectivity index (χ2v) is 10.4. The molecule has 0 N–H and O–H groups in total. The van der Waals surface area contributed by atoms with Gasteiger partial charge in [0.05, 0.1) is 5.52 Å². The third-order valence-corrected chi connectivity index (χ3v) is 6.79. The van der Waals surface area contributed by atoms with Gasteiger partial charge in [-0.15, -0.1) is 0 Å². The summed E-state index contributed by atoms with van der Waals surface area (Å²) in [7, 11) is 0. The van der Waals surface area contributed by atoms with Crippen LogP contribution in [0.5, 0.6) is 0 Å². The molecule has 0 spiro atoms. The highest BCUT2D eigenvalue weighted by Gasteiger charge is 2.51. The summed E-state index contributed by atoms with van der Waals surface area (Å²) in [5, 5.41) is 0. The molecule has 2 aromatic heterocycles. The van der Waals surface area contributed by atoms with E-state index in [0.717, 1.165) is 41.9 Å². The molecule has 1 aliphatic heterocycles. The lowest BCUT2D eigenvalue weighted by atomic mass is 9.65. The Bertz CT molecular complexity index is 1080. The molecule has 4 nitrogen and oxygen atoms in total. The Kier molecular flexibility index (Phi) is 4.00. The Morgan fingerprint density at radius 2 is 1.90 bits per heavy atom. The van der Waals surface area contributed by atoms with Crippen molar-refractivity contribution in [1.29, 1.82) is 0 Å². The number of carbonyl (C=O) groups is 1. The van der Waals surface area contributed by atoms with Gasteiger partial charge in [0.25, 0.3) is 5.91 Å². The summed E-state index contributed by atoms with van der Waals surface area (Å²) >= 11 is 0. The molecular formula is C25H30N2O2. The summed E-state index contributed by atoms with van der Waals surface area (Å²) in [5.41, 5.74) is 4.26. The number of likely N-dealkylation sites (tertiary alicyclic amines) is 1. The lowest BCUT2D eigenvalue weighted by Crippen LogP contribution is -2.38. The molecule has 152 valence electrons. The fourth-order valence-electron chi connectivity index (χ4n) is 6.12. The predicted molar refractivity (Wildman–Crippen MR) is 115 cm³/mol. The van der Waals surface area contributed by atoms with E-state index in [1.54, 1.807) is 0 Å². The number of aromatic nitrogens is 1. The first-order valence-corrected chi connectivity index (χ1v) is 10.7. The van der Waals surface area contributed by atoms with Crippen molar-refractivity contribution < 1.29 is 9.21 Å². The van der Waals surface area contributed by atoms with Crippen LogP contribution >= 0.6 is 0 Å². The van der Waals surface area contributed by atoms with E-state index >= 15 is 0 Å². The Labute approximate surface area is 172 Å². The zero-order valence-corrected chi connectivity index (χ0v) is 17.9. The summed E-state index contributed by atoms with van der Waals surface area (Å²) in [5.74, 6) is 1.03. The van der Waals surface area contributed by atoms with Gasteiger partial charge in [0.2, 0.25) is 0 Å². The average Bonchev–Trinajstić information content (AvgIpc) is 3.23. The van der Waals surface area contributed by atoms with Crippen LogP contribution in [0.4, 0.5) is 0 Å². The van der Waals surface area contributed by atoms with E-state index in [2.05, 4.69) is 42.4 Å². The van der Waals surface area contributed by atoms with Gasteiger partial charge in [-0.05, 0) is 42.6 Å². The zero-order chi connectivity index (χ0) is 20.4.